The third-order valence-corrected chi connectivity index (χ3v) is 5.22. The predicted molar refractivity (Wildman–Crippen MR) is 134 cm³/mol. The van der Waals surface area contributed by atoms with Crippen molar-refractivity contribution >= 4 is 51.3 Å². The molecule has 0 aliphatic rings. The van der Waals surface area contributed by atoms with Gasteiger partial charge in [0.15, 0.2) is 11.5 Å². The summed E-state index contributed by atoms with van der Waals surface area (Å²) in [6.45, 7) is 1.79. The molecule has 2 N–H and O–H groups in total. The highest BCUT2D eigenvalue weighted by atomic mass is 79.9. The van der Waals surface area contributed by atoms with Gasteiger partial charge in [0.25, 0.3) is 5.69 Å². The van der Waals surface area contributed by atoms with Gasteiger partial charge in [-0.1, -0.05) is 15.9 Å². The number of hydrogen-bond donors (Lipinski definition) is 2. The quantitative estimate of drug-likeness (QED) is 0.112. The lowest BCUT2D eigenvalue weighted by molar-refractivity contribution is -0.384. The molecule has 3 aromatic carbocycles. The standard InChI is InChI=1S/C24H19BrN4O7/c1-14-11-17(25)6-9-19(14)27-22(30)23(31)28-26-13-15-3-10-20(21(12-15)35-2)36-24(32)16-4-7-18(8-5-16)29(33)34/h3-13H,1-2H3,(H,27,30)(H,28,31)/b26-13+. The molecule has 0 bridgehead atoms. The van der Waals surface area contributed by atoms with Gasteiger partial charge in [0.2, 0.25) is 0 Å². The van der Waals surface area contributed by atoms with Gasteiger partial charge in [-0.05, 0) is 66.6 Å². The largest absolute Gasteiger partial charge is 0.493 e. The molecule has 0 aliphatic carbocycles. The van der Waals surface area contributed by atoms with Gasteiger partial charge in [-0.15, -0.1) is 0 Å². The second kappa shape index (κ2) is 11.7. The zero-order valence-electron chi connectivity index (χ0n) is 19.0. The number of nitro benzene ring substituents is 1. The van der Waals surface area contributed by atoms with Crippen LogP contribution in [0.4, 0.5) is 11.4 Å². The zero-order chi connectivity index (χ0) is 26.2. The van der Waals surface area contributed by atoms with Crippen molar-refractivity contribution in [3.05, 3.63) is 91.9 Å². The van der Waals surface area contributed by atoms with Gasteiger partial charge in [-0.25, -0.2) is 10.2 Å². The van der Waals surface area contributed by atoms with Crippen LogP contribution in [0.25, 0.3) is 0 Å². The lowest BCUT2D eigenvalue weighted by Crippen LogP contribution is -2.32. The van der Waals surface area contributed by atoms with E-state index >= 15 is 0 Å². The number of halogens is 1. The minimum atomic E-state index is -0.964. The number of benzene rings is 3. The number of nitro groups is 1. The van der Waals surface area contributed by atoms with Gasteiger partial charge >= 0.3 is 17.8 Å². The number of carbonyl (C=O) groups is 3. The lowest BCUT2D eigenvalue weighted by Gasteiger charge is -2.10. The molecular formula is C24H19BrN4O7. The van der Waals surface area contributed by atoms with E-state index in [1.165, 1.54) is 49.7 Å². The maximum absolute atomic E-state index is 12.4. The van der Waals surface area contributed by atoms with Crippen LogP contribution in [0, 0.1) is 17.0 Å². The van der Waals surface area contributed by atoms with Crippen LogP contribution in [0.2, 0.25) is 0 Å². The summed E-state index contributed by atoms with van der Waals surface area (Å²) in [4.78, 5) is 46.7. The molecule has 0 unspecified atom stereocenters. The summed E-state index contributed by atoms with van der Waals surface area (Å²) >= 11 is 3.33. The number of carbonyl (C=O) groups excluding carboxylic acids is 3. The molecule has 0 heterocycles. The Kier molecular flexibility index (Phi) is 8.47. The molecule has 0 saturated carbocycles. The SMILES string of the molecule is COc1cc(/C=N/NC(=O)C(=O)Nc2ccc(Br)cc2C)ccc1OC(=O)c1ccc([N+](=O)[O-])cc1. The Morgan fingerprint density at radius 1 is 1.00 bits per heavy atom. The van der Waals surface area contributed by atoms with Crippen molar-refractivity contribution in [3.63, 3.8) is 0 Å². The fourth-order valence-electron chi connectivity index (χ4n) is 2.89. The topological polar surface area (TPSA) is 149 Å². The molecule has 12 heteroatoms. The van der Waals surface area contributed by atoms with Gasteiger partial charge in [-0.2, -0.15) is 5.10 Å². The molecule has 11 nitrogen and oxygen atoms in total. The normalized spacial score (nSPS) is 10.5. The van der Waals surface area contributed by atoms with Crippen LogP contribution in [0.3, 0.4) is 0 Å². The smallest absolute Gasteiger partial charge is 0.343 e. The number of hydrazone groups is 1. The fraction of sp³-hybridized carbons (Fsp3) is 0.0833. The highest BCUT2D eigenvalue weighted by Gasteiger charge is 2.16. The van der Waals surface area contributed by atoms with Crippen molar-refractivity contribution in [3.8, 4) is 11.5 Å². The molecule has 3 aromatic rings. The number of ether oxygens (including phenoxy) is 2. The van der Waals surface area contributed by atoms with Gasteiger partial charge in [-0.3, -0.25) is 19.7 Å². The highest BCUT2D eigenvalue weighted by molar-refractivity contribution is 9.10. The van der Waals surface area contributed by atoms with E-state index in [4.69, 9.17) is 9.47 Å². The van der Waals surface area contributed by atoms with E-state index in [0.717, 1.165) is 10.0 Å². The first-order chi connectivity index (χ1) is 17.2. The van der Waals surface area contributed by atoms with Crippen LogP contribution in [0.15, 0.2) is 70.2 Å². The van der Waals surface area contributed by atoms with E-state index in [2.05, 4.69) is 31.8 Å². The molecule has 184 valence electrons. The van der Waals surface area contributed by atoms with Crippen molar-refractivity contribution in [2.45, 2.75) is 6.92 Å². The number of nitrogens with one attached hydrogen (secondary N) is 2. The summed E-state index contributed by atoms with van der Waals surface area (Å²) in [6, 6.07) is 14.6. The summed E-state index contributed by atoms with van der Waals surface area (Å²) in [5.74, 6) is -2.28. The van der Waals surface area contributed by atoms with E-state index < -0.39 is 22.7 Å². The van der Waals surface area contributed by atoms with E-state index in [1.54, 1.807) is 31.2 Å². The molecule has 0 spiro atoms. The molecule has 0 atom stereocenters. The van der Waals surface area contributed by atoms with Crippen LogP contribution in [-0.2, 0) is 9.59 Å². The van der Waals surface area contributed by atoms with Crippen molar-refractivity contribution in [2.75, 3.05) is 12.4 Å². The third-order valence-electron chi connectivity index (χ3n) is 4.73. The van der Waals surface area contributed by atoms with Crippen LogP contribution >= 0.6 is 15.9 Å². The Morgan fingerprint density at radius 2 is 1.72 bits per heavy atom. The Hall–Kier alpha value is -4.58. The van der Waals surface area contributed by atoms with Gasteiger partial charge < -0.3 is 14.8 Å². The molecule has 0 radical (unpaired) electrons. The van der Waals surface area contributed by atoms with Gasteiger partial charge in [0, 0.05) is 22.3 Å². The summed E-state index contributed by atoms with van der Waals surface area (Å²) in [5.41, 5.74) is 3.84. The number of non-ortho nitro benzene ring substituents is 1. The monoisotopic (exact) mass is 554 g/mol. The summed E-state index contributed by atoms with van der Waals surface area (Å²) in [7, 11) is 1.37. The van der Waals surface area contributed by atoms with Crippen molar-refractivity contribution in [2.24, 2.45) is 5.10 Å². The Bertz CT molecular complexity index is 1360. The molecule has 2 amide bonds. The molecule has 3 rings (SSSR count). The second-order valence-electron chi connectivity index (χ2n) is 7.22. The molecule has 36 heavy (non-hydrogen) atoms. The minimum Gasteiger partial charge on any atom is -0.493 e. The molecule has 0 aliphatic heterocycles. The number of esters is 1. The summed E-state index contributed by atoms with van der Waals surface area (Å²) < 4.78 is 11.4. The zero-order valence-corrected chi connectivity index (χ0v) is 20.6. The van der Waals surface area contributed by atoms with Crippen molar-refractivity contribution < 1.29 is 28.8 Å². The number of nitrogens with zero attached hydrogens (tertiary/aromatic N) is 2. The predicted octanol–water partition coefficient (Wildman–Crippen LogP) is 3.98. The molecule has 0 saturated heterocycles. The third kappa shape index (κ3) is 6.73. The first-order valence-corrected chi connectivity index (χ1v) is 11.0. The molecular weight excluding hydrogens is 536 g/mol. The van der Waals surface area contributed by atoms with Crippen LogP contribution in [0.5, 0.6) is 11.5 Å². The second-order valence-corrected chi connectivity index (χ2v) is 8.13. The average Bonchev–Trinajstić information content (AvgIpc) is 2.86. The molecule has 0 aromatic heterocycles. The van der Waals surface area contributed by atoms with E-state index in [0.29, 0.717) is 11.3 Å². The number of anilines is 1. The first-order valence-electron chi connectivity index (χ1n) is 10.2. The van der Waals surface area contributed by atoms with E-state index in [-0.39, 0.29) is 22.7 Å². The van der Waals surface area contributed by atoms with E-state index in [9.17, 15) is 24.5 Å². The number of methoxy groups -OCH3 is 1. The van der Waals surface area contributed by atoms with Gasteiger partial charge in [0.05, 0.1) is 23.8 Å². The molecule has 0 fully saturated rings. The highest BCUT2D eigenvalue weighted by Crippen LogP contribution is 2.28. The number of rotatable bonds is 7. The van der Waals surface area contributed by atoms with E-state index in [1.807, 2.05) is 0 Å². The summed E-state index contributed by atoms with van der Waals surface area (Å²) in [5, 5.41) is 17.0. The van der Waals surface area contributed by atoms with Crippen molar-refractivity contribution in [1.82, 2.24) is 5.43 Å². The lowest BCUT2D eigenvalue weighted by atomic mass is 10.2. The van der Waals surface area contributed by atoms with Crippen LogP contribution in [-0.4, -0.2) is 36.0 Å². The van der Waals surface area contributed by atoms with Gasteiger partial charge in [0.1, 0.15) is 0 Å². The minimum absolute atomic E-state index is 0.103. The maximum Gasteiger partial charge on any atom is 0.343 e. The van der Waals surface area contributed by atoms with Crippen LogP contribution in [0.1, 0.15) is 21.5 Å². The first kappa shape index (κ1) is 26.0. The Balaban J connectivity index is 1.61. The Labute approximate surface area is 213 Å². The maximum atomic E-state index is 12.4. The fourth-order valence-corrected chi connectivity index (χ4v) is 3.36. The summed E-state index contributed by atoms with van der Waals surface area (Å²) in [6.07, 6.45) is 1.28. The number of aryl methyl sites for hydroxylation is 1. The number of amides is 2. The average molecular weight is 555 g/mol. The van der Waals surface area contributed by atoms with Crippen molar-refractivity contribution in [1.29, 1.82) is 0 Å². The van der Waals surface area contributed by atoms with Crippen LogP contribution < -0.4 is 20.2 Å². The Morgan fingerprint density at radius 3 is 2.36 bits per heavy atom. The number of hydrogen-bond acceptors (Lipinski definition) is 8.